The number of aromatic nitrogens is 1. The Kier molecular flexibility index (Phi) is 6.38. The van der Waals surface area contributed by atoms with Crippen molar-refractivity contribution in [3.8, 4) is 0 Å². The maximum absolute atomic E-state index is 14.2. The molecule has 5 rings (SSSR count). The van der Waals surface area contributed by atoms with Gasteiger partial charge < -0.3 is 10.0 Å². The third-order valence-electron chi connectivity index (χ3n) is 6.60. The highest BCUT2D eigenvalue weighted by Gasteiger charge is 2.38. The van der Waals surface area contributed by atoms with Crippen molar-refractivity contribution in [2.75, 3.05) is 17.8 Å². The van der Waals surface area contributed by atoms with Gasteiger partial charge >= 0.3 is 0 Å². The summed E-state index contributed by atoms with van der Waals surface area (Å²) in [6.45, 7) is 0.293. The van der Waals surface area contributed by atoms with Crippen LogP contribution in [0.15, 0.2) is 83.9 Å². The minimum atomic E-state index is -3.93. The number of carbonyl (C=O) groups excluding carboxylic acids is 1. The zero-order valence-electron chi connectivity index (χ0n) is 19.6. The smallest absolute Gasteiger partial charge is 0.264 e. The SMILES string of the molecule is O=C(c1ccc(NS(=O)(=O)c2cccc3cccnc23)cc1)N1CCC(O)(c2cccc(F)c2F)CC1. The first-order chi connectivity index (χ1) is 17.7. The second kappa shape index (κ2) is 9.53. The number of hydrogen-bond donors (Lipinski definition) is 2. The molecule has 2 heterocycles. The molecule has 1 amide bonds. The van der Waals surface area contributed by atoms with Crippen LogP contribution in [0.25, 0.3) is 10.9 Å². The topological polar surface area (TPSA) is 99.6 Å². The van der Waals surface area contributed by atoms with Gasteiger partial charge in [-0.05, 0) is 55.3 Å². The molecule has 0 radical (unpaired) electrons. The van der Waals surface area contributed by atoms with E-state index in [2.05, 4.69) is 9.71 Å². The summed E-state index contributed by atoms with van der Waals surface area (Å²) in [4.78, 5) is 18.7. The van der Waals surface area contributed by atoms with Crippen LogP contribution in [0.1, 0.15) is 28.8 Å². The number of sulfonamides is 1. The number of anilines is 1. The number of carbonyl (C=O) groups is 1. The van der Waals surface area contributed by atoms with Gasteiger partial charge in [-0.25, -0.2) is 17.2 Å². The number of aliphatic hydroxyl groups is 1. The average molecular weight is 524 g/mol. The molecule has 7 nitrogen and oxygen atoms in total. The highest BCUT2D eigenvalue weighted by molar-refractivity contribution is 7.93. The highest BCUT2D eigenvalue weighted by atomic mass is 32.2. The fourth-order valence-electron chi connectivity index (χ4n) is 4.58. The Labute approximate surface area is 212 Å². The number of nitrogens with one attached hydrogen (secondary N) is 1. The van der Waals surface area contributed by atoms with Crippen LogP contribution in [0.5, 0.6) is 0 Å². The maximum atomic E-state index is 14.2. The minimum Gasteiger partial charge on any atom is -0.385 e. The van der Waals surface area contributed by atoms with Gasteiger partial charge in [-0.3, -0.25) is 14.5 Å². The van der Waals surface area contributed by atoms with Gasteiger partial charge in [-0.2, -0.15) is 0 Å². The standard InChI is InChI=1S/C27H23F2N3O4S/c28-22-7-2-6-21(24(22)29)27(34)13-16-32(17-14-27)26(33)19-9-11-20(12-10-19)31-37(35,36)23-8-1-4-18-5-3-15-30-25(18)23/h1-12,15,31,34H,13-14,16-17H2. The quantitative estimate of drug-likeness (QED) is 0.403. The van der Waals surface area contributed by atoms with Crippen molar-refractivity contribution in [2.24, 2.45) is 0 Å². The van der Waals surface area contributed by atoms with Crippen LogP contribution in [0.3, 0.4) is 0 Å². The van der Waals surface area contributed by atoms with Gasteiger partial charge in [0, 0.05) is 41.5 Å². The minimum absolute atomic E-state index is 0.0429. The maximum Gasteiger partial charge on any atom is 0.264 e. The molecule has 0 unspecified atom stereocenters. The van der Waals surface area contributed by atoms with Gasteiger partial charge in [-0.1, -0.05) is 30.3 Å². The summed E-state index contributed by atoms with van der Waals surface area (Å²) in [6, 6.07) is 18.1. The lowest BCUT2D eigenvalue weighted by Gasteiger charge is -2.38. The van der Waals surface area contributed by atoms with Gasteiger partial charge in [0.25, 0.3) is 15.9 Å². The van der Waals surface area contributed by atoms with Crippen LogP contribution < -0.4 is 4.72 Å². The first-order valence-electron chi connectivity index (χ1n) is 11.6. The van der Waals surface area contributed by atoms with E-state index in [1.54, 1.807) is 24.3 Å². The molecule has 4 aromatic rings. The van der Waals surface area contributed by atoms with E-state index in [0.717, 1.165) is 6.07 Å². The fourth-order valence-corrected chi connectivity index (χ4v) is 5.82. The van der Waals surface area contributed by atoms with Crippen molar-refractivity contribution in [2.45, 2.75) is 23.3 Å². The summed E-state index contributed by atoms with van der Waals surface area (Å²) in [5.41, 5.74) is -0.719. The van der Waals surface area contributed by atoms with Crippen LogP contribution in [0.2, 0.25) is 0 Å². The van der Waals surface area contributed by atoms with Gasteiger partial charge in [0.05, 0.1) is 11.1 Å². The molecule has 190 valence electrons. The fraction of sp³-hybridized carbons (Fsp3) is 0.185. The van der Waals surface area contributed by atoms with E-state index in [1.807, 2.05) is 0 Å². The lowest BCUT2D eigenvalue weighted by Crippen LogP contribution is -2.45. The molecule has 1 aliphatic heterocycles. The molecule has 0 spiro atoms. The van der Waals surface area contributed by atoms with Crippen molar-refractivity contribution >= 4 is 32.5 Å². The van der Waals surface area contributed by atoms with Crippen molar-refractivity contribution in [1.29, 1.82) is 0 Å². The lowest BCUT2D eigenvalue weighted by atomic mass is 9.84. The molecule has 1 saturated heterocycles. The molecule has 0 saturated carbocycles. The summed E-state index contributed by atoms with van der Waals surface area (Å²) in [6.07, 6.45) is 1.63. The lowest BCUT2D eigenvalue weighted by molar-refractivity contribution is -0.0240. The van der Waals surface area contributed by atoms with Crippen molar-refractivity contribution < 1.29 is 27.1 Å². The number of pyridine rings is 1. The van der Waals surface area contributed by atoms with Crippen LogP contribution in [0.4, 0.5) is 14.5 Å². The Bertz CT molecular complexity index is 1580. The number of nitrogens with zero attached hydrogens (tertiary/aromatic N) is 2. The van der Waals surface area contributed by atoms with Crippen LogP contribution in [0, 0.1) is 11.6 Å². The van der Waals surface area contributed by atoms with E-state index in [4.69, 9.17) is 0 Å². The van der Waals surface area contributed by atoms with Gasteiger partial charge in [0.2, 0.25) is 0 Å². The number of hydrogen-bond acceptors (Lipinski definition) is 5. The Morgan fingerprint density at radius 2 is 1.62 bits per heavy atom. The Morgan fingerprint density at radius 1 is 0.946 bits per heavy atom. The monoisotopic (exact) mass is 523 g/mol. The average Bonchev–Trinajstić information content (AvgIpc) is 2.90. The number of rotatable bonds is 5. The van der Waals surface area contributed by atoms with E-state index >= 15 is 0 Å². The number of fused-ring (bicyclic) bond motifs is 1. The predicted octanol–water partition coefficient (Wildman–Crippen LogP) is 4.44. The first-order valence-corrected chi connectivity index (χ1v) is 13.1. The molecule has 37 heavy (non-hydrogen) atoms. The Morgan fingerprint density at radius 3 is 2.35 bits per heavy atom. The third kappa shape index (κ3) is 4.77. The number of halogens is 2. The van der Waals surface area contributed by atoms with E-state index in [0.29, 0.717) is 16.5 Å². The molecule has 0 aliphatic carbocycles. The summed E-state index contributed by atoms with van der Waals surface area (Å²) in [7, 11) is -3.93. The molecule has 1 fully saturated rings. The van der Waals surface area contributed by atoms with E-state index < -0.39 is 27.3 Å². The molecule has 0 atom stereocenters. The molecule has 1 aromatic heterocycles. The predicted molar refractivity (Wildman–Crippen MR) is 134 cm³/mol. The van der Waals surface area contributed by atoms with Crippen molar-refractivity contribution in [3.05, 3.63) is 102 Å². The number of amides is 1. The Hall–Kier alpha value is -3.89. The second-order valence-corrected chi connectivity index (χ2v) is 10.6. The van der Waals surface area contributed by atoms with Crippen LogP contribution in [-0.4, -0.2) is 42.4 Å². The van der Waals surface area contributed by atoms with Gasteiger partial charge in [0.1, 0.15) is 4.90 Å². The zero-order chi connectivity index (χ0) is 26.2. The molecule has 3 aromatic carbocycles. The number of para-hydroxylation sites is 1. The normalized spacial score (nSPS) is 15.5. The summed E-state index contributed by atoms with van der Waals surface area (Å²) in [5.74, 6) is -2.42. The summed E-state index contributed by atoms with van der Waals surface area (Å²) in [5, 5.41) is 11.6. The van der Waals surface area contributed by atoms with Crippen molar-refractivity contribution in [3.63, 3.8) is 0 Å². The molecule has 1 aliphatic rings. The van der Waals surface area contributed by atoms with E-state index in [1.165, 1.54) is 53.6 Å². The number of piperidine rings is 1. The number of likely N-dealkylation sites (tertiary alicyclic amines) is 1. The third-order valence-corrected chi connectivity index (χ3v) is 8.01. The molecule has 10 heteroatoms. The Balaban J connectivity index is 1.27. The molecule has 2 N–H and O–H groups in total. The second-order valence-electron chi connectivity index (χ2n) is 8.94. The van der Waals surface area contributed by atoms with Crippen LogP contribution >= 0.6 is 0 Å². The molecule has 0 bridgehead atoms. The van der Waals surface area contributed by atoms with Crippen molar-refractivity contribution in [1.82, 2.24) is 9.88 Å². The zero-order valence-corrected chi connectivity index (χ0v) is 20.4. The highest BCUT2D eigenvalue weighted by Crippen LogP contribution is 2.35. The van der Waals surface area contributed by atoms with E-state index in [9.17, 15) is 27.1 Å². The summed E-state index contributed by atoms with van der Waals surface area (Å²) < 4.78 is 56.4. The largest absolute Gasteiger partial charge is 0.385 e. The summed E-state index contributed by atoms with van der Waals surface area (Å²) >= 11 is 0. The van der Waals surface area contributed by atoms with Gasteiger partial charge in [0.15, 0.2) is 11.6 Å². The van der Waals surface area contributed by atoms with Crippen LogP contribution in [-0.2, 0) is 15.6 Å². The van der Waals surface area contributed by atoms with Gasteiger partial charge in [-0.15, -0.1) is 0 Å². The molecular formula is C27H23F2N3O4S. The first kappa shape index (κ1) is 24.8. The van der Waals surface area contributed by atoms with E-state index in [-0.39, 0.29) is 48.0 Å². The molecular weight excluding hydrogens is 500 g/mol. The number of benzene rings is 3.